The average molecular weight is 639 g/mol. The molecule has 2 aliphatic rings. The summed E-state index contributed by atoms with van der Waals surface area (Å²) in [7, 11) is 0. The van der Waals surface area contributed by atoms with E-state index in [4.69, 9.17) is 9.47 Å². The van der Waals surface area contributed by atoms with E-state index in [9.17, 15) is 24.3 Å². The lowest BCUT2D eigenvalue weighted by molar-refractivity contribution is -0.157. The fourth-order valence-electron chi connectivity index (χ4n) is 6.10. The summed E-state index contributed by atoms with van der Waals surface area (Å²) in [6.45, 7) is -0.257. The van der Waals surface area contributed by atoms with E-state index in [1.54, 1.807) is 4.90 Å². The molecule has 2 aliphatic heterocycles. The van der Waals surface area contributed by atoms with E-state index in [0.717, 1.165) is 22.3 Å². The first-order chi connectivity index (χ1) is 22.9. The number of fused-ring (bicyclic) bond motifs is 1. The van der Waals surface area contributed by atoms with Crippen LogP contribution in [0.15, 0.2) is 97.1 Å². The number of cyclic esters (lactones) is 1. The fourth-order valence-corrected chi connectivity index (χ4v) is 6.10. The second kappa shape index (κ2) is 16.7. The summed E-state index contributed by atoms with van der Waals surface area (Å²) in [6.07, 6.45) is 6.03. The zero-order valence-corrected chi connectivity index (χ0v) is 26.5. The van der Waals surface area contributed by atoms with E-state index >= 15 is 0 Å². The number of carbonyl (C=O) groups is 4. The lowest BCUT2D eigenvalue weighted by atomic mass is 9.92. The van der Waals surface area contributed by atoms with Crippen molar-refractivity contribution in [2.45, 2.75) is 63.8 Å². The van der Waals surface area contributed by atoms with Gasteiger partial charge in [0.1, 0.15) is 13.2 Å². The number of hydrogen-bond acceptors (Lipinski definition) is 7. The molecule has 9 nitrogen and oxygen atoms in total. The van der Waals surface area contributed by atoms with Gasteiger partial charge in [0.15, 0.2) is 6.04 Å². The van der Waals surface area contributed by atoms with Gasteiger partial charge in [0.25, 0.3) is 0 Å². The molecule has 9 heteroatoms. The molecule has 0 saturated carbocycles. The molecule has 3 aromatic rings. The van der Waals surface area contributed by atoms with Crippen LogP contribution in [-0.4, -0.2) is 59.1 Å². The molecule has 2 heterocycles. The highest BCUT2D eigenvalue weighted by molar-refractivity contribution is 5.89. The molecule has 3 aromatic carbocycles. The SMILES string of the molecule is O=C1NC(C(=O)OCc2ccccc2)COC(=O)C(Cc2ccccc2)CCC=CCC1CC(=O)N1Cc2ccccc2CC1CO. The lowest BCUT2D eigenvalue weighted by Crippen LogP contribution is -2.50. The zero-order chi connectivity index (χ0) is 33.0. The lowest BCUT2D eigenvalue weighted by Gasteiger charge is -2.36. The smallest absolute Gasteiger partial charge is 0.332 e. The Balaban J connectivity index is 1.34. The molecule has 0 spiro atoms. The van der Waals surface area contributed by atoms with Crippen LogP contribution in [0.3, 0.4) is 0 Å². The Hall–Kier alpha value is -4.76. The van der Waals surface area contributed by atoms with Crippen molar-refractivity contribution >= 4 is 23.8 Å². The predicted octanol–water partition coefficient (Wildman–Crippen LogP) is 4.31. The summed E-state index contributed by atoms with van der Waals surface area (Å²) in [4.78, 5) is 55.7. The minimum absolute atomic E-state index is 0.0136. The number of aliphatic hydroxyl groups excluding tert-OH is 1. The van der Waals surface area contributed by atoms with Gasteiger partial charge in [0.2, 0.25) is 11.8 Å². The standard InChI is InChI=1S/C38H42N2O7/c41-24-33-21-29-16-10-11-19-32(29)23-40(33)35(42)22-30-17-8-3-9-18-31(20-27-12-4-1-5-13-27)37(44)47-26-34(39-36(30)43)38(45)46-25-28-14-6-2-7-15-28/h1-8,10-16,19,30-31,33-34,41H,9,17-18,20-26H2,(H,39,43). The topological polar surface area (TPSA) is 122 Å². The Morgan fingerprint density at radius 2 is 1.55 bits per heavy atom. The van der Waals surface area contributed by atoms with Gasteiger partial charge in [-0.05, 0) is 54.4 Å². The molecule has 5 rings (SSSR count). The Labute approximate surface area is 275 Å². The van der Waals surface area contributed by atoms with Crippen LogP contribution < -0.4 is 5.32 Å². The van der Waals surface area contributed by atoms with E-state index in [1.165, 1.54) is 0 Å². The largest absolute Gasteiger partial charge is 0.463 e. The quantitative estimate of drug-likeness (QED) is 0.279. The van der Waals surface area contributed by atoms with Crippen LogP contribution in [-0.2, 0) is 54.6 Å². The predicted molar refractivity (Wildman–Crippen MR) is 175 cm³/mol. The third-order valence-corrected chi connectivity index (χ3v) is 8.82. The number of aliphatic hydroxyl groups is 1. The molecule has 47 heavy (non-hydrogen) atoms. The highest BCUT2D eigenvalue weighted by Gasteiger charge is 2.34. The highest BCUT2D eigenvalue weighted by Crippen LogP contribution is 2.26. The van der Waals surface area contributed by atoms with Crippen molar-refractivity contribution in [3.63, 3.8) is 0 Å². The van der Waals surface area contributed by atoms with Crippen molar-refractivity contribution in [2.24, 2.45) is 11.8 Å². The van der Waals surface area contributed by atoms with E-state index in [-0.39, 0.29) is 32.0 Å². The van der Waals surface area contributed by atoms with Crippen LogP contribution in [0.2, 0.25) is 0 Å². The number of hydrogen-bond donors (Lipinski definition) is 2. The van der Waals surface area contributed by atoms with Gasteiger partial charge in [-0.2, -0.15) is 0 Å². The second-order valence-corrected chi connectivity index (χ2v) is 12.2. The van der Waals surface area contributed by atoms with Crippen molar-refractivity contribution in [3.05, 3.63) is 119 Å². The van der Waals surface area contributed by atoms with E-state index in [1.807, 2.05) is 97.1 Å². The molecule has 0 aliphatic carbocycles. The highest BCUT2D eigenvalue weighted by atomic mass is 16.6. The maximum absolute atomic E-state index is 13.7. The number of rotatable bonds is 8. The maximum atomic E-state index is 13.7. The van der Waals surface area contributed by atoms with Crippen LogP contribution in [0.1, 0.15) is 47.9 Å². The number of esters is 2. The molecule has 2 N–H and O–H groups in total. The minimum Gasteiger partial charge on any atom is -0.463 e. The molecule has 0 aromatic heterocycles. The van der Waals surface area contributed by atoms with Crippen LogP contribution >= 0.6 is 0 Å². The van der Waals surface area contributed by atoms with Gasteiger partial charge in [-0.15, -0.1) is 0 Å². The zero-order valence-electron chi connectivity index (χ0n) is 26.5. The van der Waals surface area contributed by atoms with Crippen LogP contribution in [0.25, 0.3) is 0 Å². The molecular weight excluding hydrogens is 596 g/mol. The van der Waals surface area contributed by atoms with Crippen LogP contribution in [0.4, 0.5) is 0 Å². The van der Waals surface area contributed by atoms with Gasteiger partial charge in [-0.3, -0.25) is 14.4 Å². The molecule has 0 bridgehead atoms. The van der Waals surface area contributed by atoms with Crippen LogP contribution in [0.5, 0.6) is 0 Å². The first-order valence-corrected chi connectivity index (χ1v) is 16.2. The van der Waals surface area contributed by atoms with Gasteiger partial charge in [-0.1, -0.05) is 97.1 Å². The number of nitrogens with zero attached hydrogens (tertiary/aromatic N) is 1. The number of benzene rings is 3. The van der Waals surface area contributed by atoms with Gasteiger partial charge in [-0.25, -0.2) is 4.79 Å². The Morgan fingerprint density at radius 1 is 0.872 bits per heavy atom. The molecule has 0 radical (unpaired) electrons. The molecule has 0 fully saturated rings. The summed E-state index contributed by atoms with van der Waals surface area (Å²) in [5.74, 6) is -3.21. The van der Waals surface area contributed by atoms with Crippen molar-refractivity contribution in [1.29, 1.82) is 0 Å². The summed E-state index contributed by atoms with van der Waals surface area (Å²) < 4.78 is 11.2. The summed E-state index contributed by atoms with van der Waals surface area (Å²) in [5, 5.41) is 12.8. The van der Waals surface area contributed by atoms with Crippen molar-refractivity contribution in [1.82, 2.24) is 10.2 Å². The average Bonchev–Trinajstić information content (AvgIpc) is 3.11. The number of carbonyl (C=O) groups excluding carboxylic acids is 4. The van der Waals surface area contributed by atoms with Gasteiger partial charge >= 0.3 is 11.9 Å². The molecule has 0 saturated heterocycles. The second-order valence-electron chi connectivity index (χ2n) is 12.2. The summed E-state index contributed by atoms with van der Waals surface area (Å²) >= 11 is 0. The molecular formula is C38H42N2O7. The van der Waals surface area contributed by atoms with E-state index in [2.05, 4.69) is 5.32 Å². The summed E-state index contributed by atoms with van der Waals surface area (Å²) in [5.41, 5.74) is 3.87. The number of allylic oxidation sites excluding steroid dienone is 2. The minimum atomic E-state index is -1.26. The fraction of sp³-hybridized carbons (Fsp3) is 0.368. The van der Waals surface area contributed by atoms with Gasteiger partial charge in [0, 0.05) is 13.0 Å². The Morgan fingerprint density at radius 3 is 2.28 bits per heavy atom. The van der Waals surface area contributed by atoms with Crippen molar-refractivity contribution in [2.75, 3.05) is 13.2 Å². The molecule has 4 atom stereocenters. The number of nitrogens with one attached hydrogen (secondary N) is 1. The monoisotopic (exact) mass is 638 g/mol. The van der Waals surface area contributed by atoms with E-state index < -0.39 is 48.4 Å². The normalized spacial score (nSPS) is 22.0. The number of amides is 2. The maximum Gasteiger partial charge on any atom is 0.332 e. The third-order valence-electron chi connectivity index (χ3n) is 8.82. The molecule has 2 amide bonds. The van der Waals surface area contributed by atoms with Crippen LogP contribution in [0, 0.1) is 11.8 Å². The first kappa shape index (κ1) is 33.6. The number of ether oxygens (including phenoxy) is 2. The molecule has 4 unspecified atom stereocenters. The summed E-state index contributed by atoms with van der Waals surface area (Å²) in [6, 6.07) is 25.0. The van der Waals surface area contributed by atoms with Gasteiger partial charge < -0.3 is 24.8 Å². The van der Waals surface area contributed by atoms with Crippen molar-refractivity contribution < 1.29 is 33.8 Å². The van der Waals surface area contributed by atoms with Gasteiger partial charge in [0.05, 0.1) is 24.5 Å². The Kier molecular flexibility index (Phi) is 11.9. The van der Waals surface area contributed by atoms with Crippen molar-refractivity contribution in [3.8, 4) is 0 Å². The Bertz CT molecular complexity index is 1540. The van der Waals surface area contributed by atoms with E-state index in [0.29, 0.717) is 32.2 Å². The first-order valence-electron chi connectivity index (χ1n) is 16.2. The molecule has 246 valence electrons. The third kappa shape index (κ3) is 9.39.